The Labute approximate surface area is 172 Å². The first-order valence-electron chi connectivity index (χ1n) is 9.68. The zero-order valence-corrected chi connectivity index (χ0v) is 17.4. The van der Waals surface area contributed by atoms with E-state index in [0.29, 0.717) is 6.04 Å². The normalized spacial score (nSPS) is 21.0. The van der Waals surface area contributed by atoms with Crippen molar-refractivity contribution in [1.82, 2.24) is 30.0 Å². The lowest BCUT2D eigenvalue weighted by Crippen LogP contribution is -2.46. The van der Waals surface area contributed by atoms with Gasteiger partial charge < -0.3 is 4.90 Å². The molecule has 0 spiro atoms. The number of halogens is 2. The minimum Gasteiger partial charge on any atom is -0.304 e. The molecule has 27 heavy (non-hydrogen) atoms. The molecule has 1 aliphatic carbocycles. The maximum absolute atomic E-state index is 6.13. The number of hydrogen-bond donors (Lipinski definition) is 0. The van der Waals surface area contributed by atoms with Gasteiger partial charge in [-0.2, -0.15) is 0 Å². The Hall–Kier alpha value is -1.21. The van der Waals surface area contributed by atoms with Gasteiger partial charge in [0.1, 0.15) is 0 Å². The first-order chi connectivity index (χ1) is 12.7. The van der Waals surface area contributed by atoms with Gasteiger partial charge in [-0.15, -0.1) is 17.5 Å². The minimum atomic E-state index is 0. The van der Waals surface area contributed by atoms with Crippen LogP contribution in [0.15, 0.2) is 24.3 Å². The van der Waals surface area contributed by atoms with Crippen molar-refractivity contribution in [3.63, 3.8) is 0 Å². The van der Waals surface area contributed by atoms with Gasteiger partial charge in [-0.25, -0.2) is 4.68 Å². The van der Waals surface area contributed by atoms with Crippen molar-refractivity contribution < 1.29 is 0 Å². The lowest BCUT2D eigenvalue weighted by molar-refractivity contribution is 0.119. The highest BCUT2D eigenvalue weighted by Gasteiger charge is 2.32. The van der Waals surface area contributed by atoms with Gasteiger partial charge in [0.15, 0.2) is 5.82 Å². The van der Waals surface area contributed by atoms with E-state index in [2.05, 4.69) is 49.2 Å². The molecular formula is C19H28Cl2N6. The number of aromatic nitrogens is 4. The molecule has 2 heterocycles. The number of benzene rings is 1. The van der Waals surface area contributed by atoms with E-state index in [4.69, 9.17) is 11.6 Å². The first kappa shape index (κ1) is 20.5. The van der Waals surface area contributed by atoms with Gasteiger partial charge in [-0.3, -0.25) is 4.90 Å². The van der Waals surface area contributed by atoms with Gasteiger partial charge in [0, 0.05) is 31.2 Å². The summed E-state index contributed by atoms with van der Waals surface area (Å²) in [6.07, 6.45) is 6.21. The number of hydrogen-bond acceptors (Lipinski definition) is 5. The Balaban J connectivity index is 0.00000210. The fourth-order valence-electron chi connectivity index (χ4n) is 4.21. The number of piperazine rings is 1. The van der Waals surface area contributed by atoms with Gasteiger partial charge in [0.2, 0.25) is 0 Å². The van der Waals surface area contributed by atoms with Crippen LogP contribution < -0.4 is 0 Å². The van der Waals surface area contributed by atoms with E-state index >= 15 is 0 Å². The Kier molecular flexibility index (Phi) is 7.09. The molecule has 1 aromatic carbocycles. The third-order valence-electron chi connectivity index (χ3n) is 5.77. The zero-order valence-electron chi connectivity index (χ0n) is 15.8. The Bertz CT molecular complexity index is 705. The van der Waals surface area contributed by atoms with Crippen LogP contribution in [0, 0.1) is 0 Å². The predicted octanol–water partition coefficient (Wildman–Crippen LogP) is 3.59. The van der Waals surface area contributed by atoms with Gasteiger partial charge in [0.05, 0.1) is 12.1 Å². The van der Waals surface area contributed by atoms with Crippen molar-refractivity contribution in [2.45, 2.75) is 44.2 Å². The predicted molar refractivity (Wildman–Crippen MR) is 110 cm³/mol. The van der Waals surface area contributed by atoms with Gasteiger partial charge in [-0.1, -0.05) is 43.0 Å². The molecule has 1 aromatic heterocycles. The summed E-state index contributed by atoms with van der Waals surface area (Å²) in [6.45, 7) is 4.16. The number of tetrazole rings is 1. The second-order valence-electron chi connectivity index (χ2n) is 7.57. The van der Waals surface area contributed by atoms with E-state index in [-0.39, 0.29) is 18.4 Å². The molecule has 4 rings (SSSR count). The molecule has 1 aliphatic heterocycles. The summed E-state index contributed by atoms with van der Waals surface area (Å²) < 4.78 is 2.11. The van der Waals surface area contributed by atoms with E-state index in [1.807, 2.05) is 12.1 Å². The molecule has 0 bridgehead atoms. The summed E-state index contributed by atoms with van der Waals surface area (Å²) in [5.41, 5.74) is 1.21. The summed E-state index contributed by atoms with van der Waals surface area (Å²) >= 11 is 6.13. The summed E-state index contributed by atoms with van der Waals surface area (Å²) in [5.74, 6) is 0.976. The lowest BCUT2D eigenvalue weighted by atomic mass is 9.95. The van der Waals surface area contributed by atoms with Crippen molar-refractivity contribution in [1.29, 1.82) is 0 Å². The summed E-state index contributed by atoms with van der Waals surface area (Å²) in [4.78, 5) is 4.88. The standard InChI is InChI=1S/C19H27ClN6.ClH/c1-24-11-13-25(14-12-24)18(15-7-9-16(20)10-8-15)19-21-22-23-26(19)17-5-3-2-4-6-17;/h7-10,17-18H,2-6,11-14H2,1H3;1H. The molecule has 1 saturated heterocycles. The van der Waals surface area contributed by atoms with Crippen LogP contribution in [-0.2, 0) is 0 Å². The quantitative estimate of drug-likeness (QED) is 0.770. The smallest absolute Gasteiger partial charge is 0.173 e. The van der Waals surface area contributed by atoms with Crippen LogP contribution in [-0.4, -0.2) is 63.2 Å². The minimum absolute atomic E-state index is 0. The number of rotatable bonds is 4. The molecule has 1 atom stereocenters. The van der Waals surface area contributed by atoms with E-state index in [1.165, 1.54) is 37.7 Å². The molecule has 2 aromatic rings. The third-order valence-corrected chi connectivity index (χ3v) is 6.02. The Morgan fingerprint density at radius 3 is 2.33 bits per heavy atom. The van der Waals surface area contributed by atoms with Crippen molar-refractivity contribution in [2.24, 2.45) is 0 Å². The van der Waals surface area contributed by atoms with Gasteiger partial charge >= 0.3 is 0 Å². The second-order valence-corrected chi connectivity index (χ2v) is 8.00. The largest absolute Gasteiger partial charge is 0.304 e. The molecule has 8 heteroatoms. The maximum atomic E-state index is 6.13. The summed E-state index contributed by atoms with van der Waals surface area (Å²) in [6, 6.07) is 8.67. The molecule has 0 radical (unpaired) electrons. The zero-order chi connectivity index (χ0) is 17.9. The third kappa shape index (κ3) is 4.62. The van der Waals surface area contributed by atoms with E-state index in [9.17, 15) is 0 Å². The van der Waals surface area contributed by atoms with Crippen molar-refractivity contribution in [2.75, 3.05) is 33.2 Å². The van der Waals surface area contributed by atoms with Crippen LogP contribution >= 0.6 is 24.0 Å². The molecule has 6 nitrogen and oxygen atoms in total. The van der Waals surface area contributed by atoms with Crippen LogP contribution in [0.4, 0.5) is 0 Å². The molecule has 1 unspecified atom stereocenters. The van der Waals surface area contributed by atoms with Crippen molar-refractivity contribution in [3.05, 3.63) is 40.7 Å². The van der Waals surface area contributed by atoms with E-state index in [0.717, 1.165) is 37.0 Å². The van der Waals surface area contributed by atoms with Crippen LogP contribution in [0.5, 0.6) is 0 Å². The van der Waals surface area contributed by atoms with Crippen LogP contribution in [0.1, 0.15) is 55.6 Å². The first-order valence-corrected chi connectivity index (χ1v) is 10.1. The Morgan fingerprint density at radius 2 is 1.67 bits per heavy atom. The molecule has 0 N–H and O–H groups in total. The molecule has 2 aliphatic rings. The number of nitrogens with zero attached hydrogens (tertiary/aromatic N) is 6. The Morgan fingerprint density at radius 1 is 1.00 bits per heavy atom. The number of likely N-dealkylation sites (N-methyl/N-ethyl adjacent to an activating group) is 1. The topological polar surface area (TPSA) is 50.1 Å². The summed E-state index contributed by atoms with van der Waals surface area (Å²) in [7, 11) is 2.18. The molecule has 1 saturated carbocycles. The molecule has 2 fully saturated rings. The lowest BCUT2D eigenvalue weighted by Gasteiger charge is -2.38. The van der Waals surface area contributed by atoms with Gasteiger partial charge in [-0.05, 0) is 48.0 Å². The fourth-order valence-corrected chi connectivity index (χ4v) is 4.34. The summed E-state index contributed by atoms with van der Waals surface area (Å²) in [5, 5.41) is 13.7. The monoisotopic (exact) mass is 410 g/mol. The fraction of sp³-hybridized carbons (Fsp3) is 0.632. The maximum Gasteiger partial charge on any atom is 0.173 e. The average molecular weight is 411 g/mol. The van der Waals surface area contributed by atoms with Crippen molar-refractivity contribution in [3.8, 4) is 0 Å². The van der Waals surface area contributed by atoms with Gasteiger partial charge in [0.25, 0.3) is 0 Å². The highest BCUT2D eigenvalue weighted by molar-refractivity contribution is 6.30. The van der Waals surface area contributed by atoms with Crippen LogP contribution in [0.3, 0.4) is 0 Å². The van der Waals surface area contributed by atoms with Crippen molar-refractivity contribution >= 4 is 24.0 Å². The molecule has 148 valence electrons. The second kappa shape index (κ2) is 9.32. The SMILES string of the molecule is CN1CCN(C(c2ccc(Cl)cc2)c2nnnn2C2CCCCC2)CC1.Cl. The highest BCUT2D eigenvalue weighted by Crippen LogP contribution is 2.33. The average Bonchev–Trinajstić information content (AvgIpc) is 3.15. The van der Waals surface area contributed by atoms with E-state index < -0.39 is 0 Å². The van der Waals surface area contributed by atoms with Crippen LogP contribution in [0.25, 0.3) is 0 Å². The molecular weight excluding hydrogens is 383 g/mol. The van der Waals surface area contributed by atoms with E-state index in [1.54, 1.807) is 0 Å². The molecule has 0 amide bonds. The van der Waals surface area contributed by atoms with Crippen LogP contribution in [0.2, 0.25) is 5.02 Å². The highest BCUT2D eigenvalue weighted by atomic mass is 35.5.